The summed E-state index contributed by atoms with van der Waals surface area (Å²) in [5, 5.41) is 4.73. The standard InChI is InChI=1S/C17H19BrN4O2/c1-11(23)21-15-8-7-13(18)9-14(15)17(20-10-16(24)22-19)12-5-3-2-4-6-12/h2-9,17,20H,10,19H2,1H3,(H,21,23)(H,22,24)/p+1/t17-/m0/s1. The fourth-order valence-corrected chi connectivity index (χ4v) is 2.86. The van der Waals surface area contributed by atoms with Gasteiger partial charge >= 0.3 is 0 Å². The van der Waals surface area contributed by atoms with Crippen molar-refractivity contribution in [1.29, 1.82) is 0 Å². The second-order valence-electron chi connectivity index (χ2n) is 5.31. The van der Waals surface area contributed by atoms with Gasteiger partial charge < -0.3 is 10.6 Å². The number of rotatable bonds is 6. The highest BCUT2D eigenvalue weighted by molar-refractivity contribution is 9.10. The maximum absolute atomic E-state index is 11.6. The Bertz CT molecular complexity index is 722. The van der Waals surface area contributed by atoms with Crippen molar-refractivity contribution in [3.05, 3.63) is 64.1 Å². The van der Waals surface area contributed by atoms with E-state index in [1.54, 1.807) is 0 Å². The van der Waals surface area contributed by atoms with E-state index in [9.17, 15) is 9.59 Å². The molecule has 0 saturated heterocycles. The van der Waals surface area contributed by atoms with E-state index < -0.39 is 0 Å². The number of benzene rings is 2. The summed E-state index contributed by atoms with van der Waals surface area (Å²) >= 11 is 3.47. The molecule has 126 valence electrons. The van der Waals surface area contributed by atoms with Crippen LogP contribution in [-0.2, 0) is 9.59 Å². The van der Waals surface area contributed by atoms with Crippen LogP contribution in [0.25, 0.3) is 0 Å². The normalized spacial score (nSPS) is 11.6. The number of nitrogens with two attached hydrogens (primary N) is 2. The van der Waals surface area contributed by atoms with E-state index in [2.05, 4.69) is 26.7 Å². The van der Waals surface area contributed by atoms with Crippen molar-refractivity contribution >= 4 is 33.4 Å². The molecule has 0 heterocycles. The average Bonchev–Trinajstić information content (AvgIpc) is 2.57. The Morgan fingerprint density at radius 3 is 2.54 bits per heavy atom. The number of nitrogens with one attached hydrogen (secondary N) is 2. The van der Waals surface area contributed by atoms with Crippen LogP contribution < -0.4 is 21.9 Å². The number of carbonyl (C=O) groups is 2. The predicted octanol–water partition coefficient (Wildman–Crippen LogP) is 1.05. The van der Waals surface area contributed by atoms with Crippen molar-refractivity contribution in [3.8, 4) is 0 Å². The summed E-state index contributed by atoms with van der Waals surface area (Å²) in [5.41, 5.74) is 4.76. The Morgan fingerprint density at radius 2 is 1.92 bits per heavy atom. The number of halogens is 1. The van der Waals surface area contributed by atoms with Crippen LogP contribution in [0.5, 0.6) is 0 Å². The van der Waals surface area contributed by atoms with Crippen molar-refractivity contribution < 1.29 is 14.9 Å². The molecule has 0 spiro atoms. The topological polar surface area (TPSA) is 101 Å². The van der Waals surface area contributed by atoms with E-state index in [4.69, 9.17) is 5.84 Å². The van der Waals surface area contributed by atoms with E-state index in [1.807, 2.05) is 53.8 Å². The first-order valence-electron chi connectivity index (χ1n) is 7.46. The molecule has 0 aliphatic rings. The summed E-state index contributed by atoms with van der Waals surface area (Å²) in [4.78, 5) is 23.1. The fraction of sp³-hybridized carbons (Fsp3) is 0.176. The van der Waals surface area contributed by atoms with Gasteiger partial charge in [-0.15, -0.1) is 0 Å². The number of hydrazine groups is 1. The molecule has 2 aromatic rings. The van der Waals surface area contributed by atoms with E-state index in [0.29, 0.717) is 5.69 Å². The van der Waals surface area contributed by atoms with Crippen molar-refractivity contribution in [1.82, 2.24) is 5.43 Å². The van der Waals surface area contributed by atoms with E-state index >= 15 is 0 Å². The highest BCUT2D eigenvalue weighted by Gasteiger charge is 2.22. The monoisotopic (exact) mass is 391 g/mol. The zero-order valence-electron chi connectivity index (χ0n) is 13.3. The van der Waals surface area contributed by atoms with E-state index in [0.717, 1.165) is 15.6 Å². The van der Waals surface area contributed by atoms with Crippen molar-refractivity contribution in [2.24, 2.45) is 5.84 Å². The maximum Gasteiger partial charge on any atom is 0.288 e. The highest BCUT2D eigenvalue weighted by atomic mass is 79.9. The molecule has 0 aliphatic carbocycles. The van der Waals surface area contributed by atoms with Gasteiger partial charge in [-0.3, -0.25) is 15.0 Å². The first-order valence-corrected chi connectivity index (χ1v) is 8.25. The van der Waals surface area contributed by atoms with Gasteiger partial charge in [-0.1, -0.05) is 46.3 Å². The summed E-state index contributed by atoms with van der Waals surface area (Å²) in [6, 6.07) is 15.3. The second kappa shape index (κ2) is 8.58. The smallest absolute Gasteiger partial charge is 0.288 e. The van der Waals surface area contributed by atoms with E-state index in [1.165, 1.54) is 6.92 Å². The lowest BCUT2D eigenvalue weighted by Gasteiger charge is -2.20. The Labute approximate surface area is 148 Å². The minimum atomic E-state index is -0.271. The molecule has 0 aliphatic heterocycles. The second-order valence-corrected chi connectivity index (χ2v) is 6.22. The molecular formula is C17H20BrN4O2+. The third-order valence-corrected chi connectivity index (χ3v) is 4.01. The fourth-order valence-electron chi connectivity index (χ4n) is 2.48. The van der Waals surface area contributed by atoms with Crippen molar-refractivity contribution in [2.75, 3.05) is 11.9 Å². The molecule has 0 saturated carbocycles. The zero-order chi connectivity index (χ0) is 17.5. The number of hydrogen-bond donors (Lipinski definition) is 4. The zero-order valence-corrected chi connectivity index (χ0v) is 14.8. The molecule has 0 fully saturated rings. The van der Waals surface area contributed by atoms with Gasteiger partial charge in [0.15, 0.2) is 6.54 Å². The number of amides is 2. The molecule has 2 aromatic carbocycles. The summed E-state index contributed by atoms with van der Waals surface area (Å²) in [5.74, 6) is 4.75. The predicted molar refractivity (Wildman–Crippen MR) is 95.9 cm³/mol. The highest BCUT2D eigenvalue weighted by Crippen LogP contribution is 2.29. The third-order valence-electron chi connectivity index (χ3n) is 3.52. The van der Waals surface area contributed by atoms with Crippen molar-refractivity contribution in [2.45, 2.75) is 13.0 Å². The van der Waals surface area contributed by atoms with Crippen LogP contribution in [0.15, 0.2) is 53.0 Å². The van der Waals surface area contributed by atoms with Crippen LogP contribution in [-0.4, -0.2) is 18.4 Å². The first kappa shape index (κ1) is 18.1. The minimum absolute atomic E-state index is 0.148. The summed E-state index contributed by atoms with van der Waals surface area (Å²) < 4.78 is 0.893. The SMILES string of the molecule is CC(=O)Nc1ccc(Br)cc1[C@@H]([NH2+]CC(=O)NN)c1ccccc1. The lowest BCUT2D eigenvalue weighted by molar-refractivity contribution is -0.676. The van der Waals surface area contributed by atoms with E-state index in [-0.39, 0.29) is 24.4 Å². The molecule has 7 heteroatoms. The molecule has 1 atom stereocenters. The summed E-state index contributed by atoms with van der Waals surface area (Å²) in [6.07, 6.45) is 0. The molecule has 2 amide bonds. The Kier molecular flexibility index (Phi) is 6.48. The molecule has 0 aromatic heterocycles. The largest absolute Gasteiger partial charge is 0.328 e. The molecular weight excluding hydrogens is 372 g/mol. The van der Waals surface area contributed by atoms with Crippen molar-refractivity contribution in [3.63, 3.8) is 0 Å². The molecule has 6 N–H and O–H groups in total. The molecule has 6 nitrogen and oxygen atoms in total. The first-order chi connectivity index (χ1) is 11.5. The molecule has 0 bridgehead atoms. The lowest BCUT2D eigenvalue weighted by Crippen LogP contribution is -2.88. The van der Waals surface area contributed by atoms with Gasteiger partial charge in [0.05, 0.1) is 5.69 Å². The number of hydrogen-bond acceptors (Lipinski definition) is 3. The van der Waals surface area contributed by atoms with Gasteiger partial charge in [0.25, 0.3) is 5.91 Å². The van der Waals surface area contributed by atoms with Gasteiger partial charge in [0, 0.05) is 22.5 Å². The Balaban J connectivity index is 2.44. The molecule has 0 unspecified atom stereocenters. The molecule has 2 rings (SSSR count). The van der Waals surface area contributed by atoms with Gasteiger partial charge in [0.1, 0.15) is 6.04 Å². The number of anilines is 1. The average molecular weight is 392 g/mol. The maximum atomic E-state index is 11.6. The molecule has 24 heavy (non-hydrogen) atoms. The Morgan fingerprint density at radius 1 is 1.21 bits per heavy atom. The third kappa shape index (κ3) is 4.89. The van der Waals surface area contributed by atoms with Crippen LogP contribution in [0, 0.1) is 0 Å². The Hall–Kier alpha value is -2.22. The quantitative estimate of drug-likeness (QED) is 0.336. The van der Waals surface area contributed by atoms with Gasteiger partial charge in [0.2, 0.25) is 5.91 Å². The van der Waals surface area contributed by atoms with Crippen LogP contribution in [0.2, 0.25) is 0 Å². The van der Waals surface area contributed by atoms with Crippen LogP contribution in [0.1, 0.15) is 24.1 Å². The summed E-state index contributed by atoms with van der Waals surface area (Å²) in [6.45, 7) is 1.64. The minimum Gasteiger partial charge on any atom is -0.328 e. The molecule has 0 radical (unpaired) electrons. The van der Waals surface area contributed by atoms with Gasteiger partial charge in [-0.25, -0.2) is 5.84 Å². The van der Waals surface area contributed by atoms with Crippen LogP contribution in [0.4, 0.5) is 5.69 Å². The number of quaternary nitrogens is 1. The van der Waals surface area contributed by atoms with Crippen LogP contribution >= 0.6 is 15.9 Å². The summed E-state index contributed by atoms with van der Waals surface area (Å²) in [7, 11) is 0. The lowest BCUT2D eigenvalue weighted by atomic mass is 9.97. The van der Waals surface area contributed by atoms with Gasteiger partial charge in [-0.05, 0) is 18.2 Å². The van der Waals surface area contributed by atoms with Crippen LogP contribution in [0.3, 0.4) is 0 Å². The number of carbonyl (C=O) groups excluding carboxylic acids is 2. The van der Waals surface area contributed by atoms with Gasteiger partial charge in [-0.2, -0.15) is 0 Å².